The van der Waals surface area contributed by atoms with E-state index in [1.165, 1.54) is 0 Å². The van der Waals surface area contributed by atoms with Crippen molar-refractivity contribution < 1.29 is 4.74 Å². The van der Waals surface area contributed by atoms with Gasteiger partial charge in [-0.3, -0.25) is 0 Å². The standard InChI is InChI=1S/C10H10BrNO/c1-7-8(2)10(13-6-5-12)4-3-9(7)11/h3-4H,6H2,1-2H3. The largest absolute Gasteiger partial charge is 0.478 e. The summed E-state index contributed by atoms with van der Waals surface area (Å²) in [7, 11) is 0. The van der Waals surface area contributed by atoms with E-state index < -0.39 is 0 Å². The summed E-state index contributed by atoms with van der Waals surface area (Å²) in [6, 6.07) is 5.73. The molecule has 0 atom stereocenters. The fraction of sp³-hybridized carbons (Fsp3) is 0.300. The fourth-order valence-electron chi connectivity index (χ4n) is 1.03. The normalized spacial score (nSPS) is 9.38. The van der Waals surface area contributed by atoms with E-state index in [-0.39, 0.29) is 6.61 Å². The van der Waals surface area contributed by atoms with Crippen molar-refractivity contribution in [2.24, 2.45) is 0 Å². The molecule has 0 spiro atoms. The van der Waals surface area contributed by atoms with Gasteiger partial charge in [-0.1, -0.05) is 15.9 Å². The number of hydrogen-bond donors (Lipinski definition) is 0. The molecule has 1 aromatic carbocycles. The molecule has 0 saturated heterocycles. The molecule has 2 nitrogen and oxygen atoms in total. The summed E-state index contributed by atoms with van der Waals surface area (Å²) in [5, 5.41) is 8.36. The number of nitrogens with zero attached hydrogens (tertiary/aromatic N) is 1. The van der Waals surface area contributed by atoms with Gasteiger partial charge in [0, 0.05) is 4.47 Å². The molecular formula is C10H10BrNO. The molecule has 0 aliphatic heterocycles. The molecule has 0 N–H and O–H groups in total. The van der Waals surface area contributed by atoms with Crippen LogP contribution in [0, 0.1) is 25.2 Å². The van der Waals surface area contributed by atoms with E-state index in [0.29, 0.717) is 0 Å². The van der Waals surface area contributed by atoms with E-state index in [0.717, 1.165) is 21.3 Å². The van der Waals surface area contributed by atoms with E-state index >= 15 is 0 Å². The maximum Gasteiger partial charge on any atom is 0.174 e. The molecular weight excluding hydrogens is 230 g/mol. The number of ether oxygens (including phenoxy) is 1. The Kier molecular flexibility index (Phi) is 3.32. The van der Waals surface area contributed by atoms with Gasteiger partial charge in [0.25, 0.3) is 0 Å². The summed E-state index contributed by atoms with van der Waals surface area (Å²) < 4.78 is 6.30. The van der Waals surface area contributed by atoms with Crippen LogP contribution in [0.1, 0.15) is 11.1 Å². The van der Waals surface area contributed by atoms with Crippen LogP contribution in [-0.2, 0) is 0 Å². The molecule has 3 heteroatoms. The molecule has 0 fully saturated rings. The highest BCUT2D eigenvalue weighted by Gasteiger charge is 2.04. The maximum atomic E-state index is 8.36. The van der Waals surface area contributed by atoms with Crippen LogP contribution in [-0.4, -0.2) is 6.61 Å². The minimum absolute atomic E-state index is 0.0991. The summed E-state index contributed by atoms with van der Waals surface area (Å²) in [6.45, 7) is 4.09. The molecule has 0 saturated carbocycles. The third kappa shape index (κ3) is 2.22. The van der Waals surface area contributed by atoms with E-state index in [2.05, 4.69) is 15.9 Å². The van der Waals surface area contributed by atoms with Crippen LogP contribution in [0.15, 0.2) is 16.6 Å². The van der Waals surface area contributed by atoms with Gasteiger partial charge in [-0.2, -0.15) is 5.26 Å². The summed E-state index contributed by atoms with van der Waals surface area (Å²) in [4.78, 5) is 0. The van der Waals surface area contributed by atoms with E-state index in [9.17, 15) is 0 Å². The van der Waals surface area contributed by atoms with E-state index in [1.807, 2.05) is 32.0 Å². The molecule has 1 rings (SSSR count). The second-order valence-electron chi connectivity index (χ2n) is 2.74. The average Bonchev–Trinajstić information content (AvgIpc) is 2.13. The van der Waals surface area contributed by atoms with Crippen molar-refractivity contribution in [2.45, 2.75) is 13.8 Å². The molecule has 0 aliphatic carbocycles. The lowest BCUT2D eigenvalue weighted by atomic mass is 10.1. The molecule has 0 bridgehead atoms. The summed E-state index contributed by atoms with van der Waals surface area (Å²) in [5.41, 5.74) is 2.22. The predicted octanol–water partition coefficient (Wildman–Crippen LogP) is 2.97. The quantitative estimate of drug-likeness (QED) is 0.796. The topological polar surface area (TPSA) is 33.0 Å². The first kappa shape index (κ1) is 10.1. The fourth-order valence-corrected chi connectivity index (χ4v) is 1.46. The van der Waals surface area contributed by atoms with Crippen molar-refractivity contribution in [1.29, 1.82) is 5.26 Å². The van der Waals surface area contributed by atoms with Gasteiger partial charge in [-0.15, -0.1) is 0 Å². The molecule has 13 heavy (non-hydrogen) atoms. The van der Waals surface area contributed by atoms with Crippen LogP contribution in [0.3, 0.4) is 0 Å². The van der Waals surface area contributed by atoms with Gasteiger partial charge in [0.1, 0.15) is 11.8 Å². The molecule has 0 unspecified atom stereocenters. The van der Waals surface area contributed by atoms with Crippen molar-refractivity contribution >= 4 is 15.9 Å². The lowest BCUT2D eigenvalue weighted by molar-refractivity contribution is 0.365. The van der Waals surface area contributed by atoms with Crippen molar-refractivity contribution in [2.75, 3.05) is 6.61 Å². The van der Waals surface area contributed by atoms with Crippen LogP contribution in [0.4, 0.5) is 0 Å². The zero-order valence-corrected chi connectivity index (χ0v) is 9.18. The Morgan fingerprint density at radius 3 is 2.69 bits per heavy atom. The highest BCUT2D eigenvalue weighted by Crippen LogP contribution is 2.27. The molecule has 68 valence electrons. The maximum absolute atomic E-state index is 8.36. The minimum Gasteiger partial charge on any atom is -0.478 e. The highest BCUT2D eigenvalue weighted by molar-refractivity contribution is 9.10. The smallest absolute Gasteiger partial charge is 0.174 e. The Balaban J connectivity index is 2.98. The van der Waals surface area contributed by atoms with Crippen LogP contribution in [0.2, 0.25) is 0 Å². The third-order valence-corrected chi connectivity index (χ3v) is 2.82. The van der Waals surface area contributed by atoms with Crippen molar-refractivity contribution in [3.05, 3.63) is 27.7 Å². The van der Waals surface area contributed by atoms with E-state index in [1.54, 1.807) is 0 Å². The van der Waals surface area contributed by atoms with Gasteiger partial charge in [0.15, 0.2) is 6.61 Å². The van der Waals surface area contributed by atoms with Crippen LogP contribution >= 0.6 is 15.9 Å². The summed E-state index contributed by atoms with van der Waals surface area (Å²) in [6.07, 6.45) is 0. The van der Waals surface area contributed by atoms with Gasteiger partial charge >= 0.3 is 0 Å². The molecule has 0 heterocycles. The van der Waals surface area contributed by atoms with Crippen LogP contribution < -0.4 is 4.74 Å². The zero-order chi connectivity index (χ0) is 9.84. The minimum atomic E-state index is 0.0991. The Morgan fingerprint density at radius 2 is 2.08 bits per heavy atom. The SMILES string of the molecule is Cc1c(Br)ccc(OCC#N)c1C. The second kappa shape index (κ2) is 4.29. The van der Waals surface area contributed by atoms with Gasteiger partial charge in [0.2, 0.25) is 0 Å². The molecule has 1 aromatic rings. The summed E-state index contributed by atoms with van der Waals surface area (Å²) >= 11 is 3.43. The lowest BCUT2D eigenvalue weighted by Crippen LogP contribution is -1.97. The number of nitriles is 1. The van der Waals surface area contributed by atoms with Crippen LogP contribution in [0.5, 0.6) is 5.75 Å². The van der Waals surface area contributed by atoms with Gasteiger partial charge < -0.3 is 4.74 Å². The molecule has 0 radical (unpaired) electrons. The highest BCUT2D eigenvalue weighted by atomic mass is 79.9. The monoisotopic (exact) mass is 239 g/mol. The Morgan fingerprint density at radius 1 is 1.38 bits per heavy atom. The van der Waals surface area contributed by atoms with Crippen molar-refractivity contribution in [3.8, 4) is 11.8 Å². The Bertz CT molecular complexity index is 355. The first-order chi connectivity index (χ1) is 6.16. The first-order valence-corrected chi connectivity index (χ1v) is 4.71. The Labute approximate surface area is 86.3 Å². The van der Waals surface area contributed by atoms with Gasteiger partial charge in [0.05, 0.1) is 0 Å². The van der Waals surface area contributed by atoms with Crippen LogP contribution in [0.25, 0.3) is 0 Å². The second-order valence-corrected chi connectivity index (χ2v) is 3.60. The average molecular weight is 240 g/mol. The Hall–Kier alpha value is -1.01. The van der Waals surface area contributed by atoms with Crippen molar-refractivity contribution in [3.63, 3.8) is 0 Å². The molecule has 0 aliphatic rings. The lowest BCUT2D eigenvalue weighted by Gasteiger charge is -2.09. The van der Waals surface area contributed by atoms with Gasteiger partial charge in [-0.25, -0.2) is 0 Å². The number of halogens is 1. The first-order valence-electron chi connectivity index (χ1n) is 3.92. The molecule has 0 aromatic heterocycles. The number of benzene rings is 1. The number of hydrogen-bond acceptors (Lipinski definition) is 2. The zero-order valence-electron chi connectivity index (χ0n) is 7.60. The van der Waals surface area contributed by atoms with Gasteiger partial charge in [-0.05, 0) is 37.1 Å². The summed E-state index contributed by atoms with van der Waals surface area (Å²) in [5.74, 6) is 0.780. The number of rotatable bonds is 2. The third-order valence-electron chi connectivity index (χ3n) is 1.96. The predicted molar refractivity (Wildman–Crippen MR) is 54.7 cm³/mol. The molecule has 0 amide bonds. The van der Waals surface area contributed by atoms with Crippen molar-refractivity contribution in [1.82, 2.24) is 0 Å². The van der Waals surface area contributed by atoms with E-state index in [4.69, 9.17) is 10.00 Å².